The van der Waals surface area contributed by atoms with Gasteiger partial charge in [-0.3, -0.25) is 9.59 Å². The Labute approximate surface area is 219 Å². The third kappa shape index (κ3) is 3.40. The van der Waals surface area contributed by atoms with Gasteiger partial charge in [-0.25, -0.2) is 14.2 Å². The van der Waals surface area contributed by atoms with Crippen LogP contribution in [0, 0.1) is 12.7 Å². The minimum atomic E-state index is -4.01. The van der Waals surface area contributed by atoms with Crippen LogP contribution in [0.5, 0.6) is 0 Å². The number of carbonyl (C=O) groups excluding carboxylic acids is 2. The number of rotatable bonds is 4. The smallest absolute Gasteiger partial charge is 0.346 e. The molecule has 0 spiro atoms. The van der Waals surface area contributed by atoms with Crippen LogP contribution in [0.3, 0.4) is 0 Å². The molecule has 3 aliphatic rings. The lowest BCUT2D eigenvalue weighted by Crippen LogP contribution is -2.45. The Morgan fingerprint density at radius 1 is 1.28 bits per heavy atom. The van der Waals surface area contributed by atoms with Crippen LogP contribution in [0.1, 0.15) is 59.2 Å². The van der Waals surface area contributed by atoms with Crippen molar-refractivity contribution in [3.05, 3.63) is 61.7 Å². The predicted octanol–water partition coefficient (Wildman–Crippen LogP) is 2.26. The van der Waals surface area contributed by atoms with E-state index >= 15 is 0 Å². The average molecular weight is 543 g/mol. The van der Waals surface area contributed by atoms with Crippen molar-refractivity contribution in [3.8, 4) is 11.4 Å². The first-order valence-electron chi connectivity index (χ1n) is 12.5. The Bertz CT molecular complexity index is 1680. The first kappa shape index (κ1) is 25.5. The summed E-state index contributed by atoms with van der Waals surface area (Å²) in [6.45, 7) is 1.18. The summed E-state index contributed by atoms with van der Waals surface area (Å²) >= 11 is 0. The van der Waals surface area contributed by atoms with Crippen molar-refractivity contribution in [2.45, 2.75) is 63.8 Å². The second-order valence-electron chi connectivity index (χ2n) is 10.2. The van der Waals surface area contributed by atoms with Crippen molar-refractivity contribution >= 4 is 22.8 Å². The number of esters is 1. The van der Waals surface area contributed by atoms with E-state index in [1.165, 1.54) is 16.7 Å². The minimum Gasteiger partial charge on any atom is -0.458 e. The van der Waals surface area contributed by atoms with Gasteiger partial charge in [0.25, 0.3) is 11.5 Å². The van der Waals surface area contributed by atoms with Gasteiger partial charge in [-0.2, -0.15) is 8.78 Å². The van der Waals surface area contributed by atoms with Gasteiger partial charge in [0.2, 0.25) is 0 Å². The number of nitrogens with zero attached hydrogens (tertiary/aromatic N) is 2. The lowest BCUT2D eigenvalue weighted by molar-refractivity contribution is -0.172. The Morgan fingerprint density at radius 3 is 2.72 bits per heavy atom. The molecule has 4 heterocycles. The van der Waals surface area contributed by atoms with E-state index < -0.39 is 47.4 Å². The Balaban J connectivity index is 1.62. The molecular weight excluding hydrogens is 519 g/mol. The molecule has 12 heteroatoms. The van der Waals surface area contributed by atoms with Gasteiger partial charge in [0.15, 0.2) is 5.60 Å². The molecule has 0 radical (unpaired) electrons. The van der Waals surface area contributed by atoms with E-state index in [4.69, 9.17) is 9.84 Å². The number of fused-ring (bicyclic) bond motifs is 5. The standard InChI is InChI=1S/C27H24F3N3O6/c1-3-26(38)15-6-19-22-13(8-33(19)23(35)14(15)9-39-25(26)37)21-17(32-24(36)27(29,30)10-34)5-4-12-11(2)16(28)7-18(31-22)20(12)21/h6-7,17,34,38H,3-5,8-10H2,1-2H3,(H,32,36). The van der Waals surface area contributed by atoms with Crippen LogP contribution in [0.4, 0.5) is 13.2 Å². The number of ether oxygens (including phenoxy) is 1. The van der Waals surface area contributed by atoms with Crippen molar-refractivity contribution in [1.82, 2.24) is 14.9 Å². The Kier molecular flexibility index (Phi) is 5.47. The van der Waals surface area contributed by atoms with Crippen LogP contribution in [0.25, 0.3) is 22.3 Å². The number of pyridine rings is 2. The number of aromatic nitrogens is 2. The summed E-state index contributed by atoms with van der Waals surface area (Å²) in [6.07, 6.45) is 0.412. The van der Waals surface area contributed by atoms with Crippen LogP contribution in [-0.2, 0) is 39.5 Å². The molecule has 39 heavy (non-hydrogen) atoms. The Hall–Kier alpha value is -3.77. The monoisotopic (exact) mass is 543 g/mol. The molecule has 2 atom stereocenters. The van der Waals surface area contributed by atoms with Crippen molar-refractivity contribution < 1.29 is 37.7 Å². The van der Waals surface area contributed by atoms with Crippen LogP contribution in [0.15, 0.2) is 16.9 Å². The van der Waals surface area contributed by atoms with Crippen LogP contribution in [0.2, 0.25) is 0 Å². The summed E-state index contributed by atoms with van der Waals surface area (Å²) in [4.78, 5) is 43.1. The number of hydrogen-bond donors (Lipinski definition) is 3. The lowest BCUT2D eigenvalue weighted by Gasteiger charge is -2.31. The molecule has 3 aromatic rings. The van der Waals surface area contributed by atoms with E-state index in [0.717, 1.165) is 0 Å². The number of halogens is 3. The second-order valence-corrected chi connectivity index (χ2v) is 10.2. The van der Waals surface area contributed by atoms with E-state index in [9.17, 15) is 32.7 Å². The third-order valence-electron chi connectivity index (χ3n) is 8.21. The molecule has 1 aromatic carbocycles. The fourth-order valence-electron chi connectivity index (χ4n) is 6.03. The highest BCUT2D eigenvalue weighted by molar-refractivity contribution is 5.94. The first-order valence-corrected chi connectivity index (χ1v) is 12.5. The second kappa shape index (κ2) is 8.36. The number of nitrogens with one attached hydrogen (secondary N) is 1. The summed E-state index contributed by atoms with van der Waals surface area (Å²) in [5, 5.41) is 23.0. The van der Waals surface area contributed by atoms with Crippen molar-refractivity contribution in [2.75, 3.05) is 6.61 Å². The predicted molar refractivity (Wildman–Crippen MR) is 130 cm³/mol. The zero-order chi connectivity index (χ0) is 28.0. The van der Waals surface area contributed by atoms with Gasteiger partial charge in [-0.15, -0.1) is 0 Å². The van der Waals surface area contributed by atoms with Gasteiger partial charge in [0.05, 0.1) is 35.1 Å². The largest absolute Gasteiger partial charge is 0.458 e. The van der Waals surface area contributed by atoms with Crippen molar-refractivity contribution in [3.63, 3.8) is 0 Å². The molecule has 3 N–H and O–H groups in total. The summed E-state index contributed by atoms with van der Waals surface area (Å²) in [6, 6.07) is 1.80. The summed E-state index contributed by atoms with van der Waals surface area (Å²) in [5.41, 5.74) is 0.359. The zero-order valence-electron chi connectivity index (χ0n) is 21.0. The first-order chi connectivity index (χ1) is 18.4. The number of alkyl halides is 2. The fourth-order valence-corrected chi connectivity index (χ4v) is 6.03. The van der Waals surface area contributed by atoms with Gasteiger partial charge in [0, 0.05) is 22.6 Å². The molecule has 204 valence electrons. The number of aliphatic hydroxyl groups is 2. The maximum absolute atomic E-state index is 14.9. The van der Waals surface area contributed by atoms with E-state index in [0.29, 0.717) is 27.6 Å². The van der Waals surface area contributed by atoms with Gasteiger partial charge in [0.1, 0.15) is 19.0 Å². The van der Waals surface area contributed by atoms with Gasteiger partial charge in [-0.05, 0) is 48.9 Å². The van der Waals surface area contributed by atoms with Crippen molar-refractivity contribution in [1.29, 1.82) is 0 Å². The number of amides is 1. The van der Waals surface area contributed by atoms with Crippen LogP contribution in [-0.4, -0.2) is 44.2 Å². The van der Waals surface area contributed by atoms with Gasteiger partial charge < -0.3 is 24.8 Å². The SMILES string of the molecule is CCC1(O)C(=O)OCc2c1cc1n(c2=O)Cc2c-1nc1cc(F)c(C)c3c1c2C(NC(=O)C(F)(F)CO)CC3. The van der Waals surface area contributed by atoms with E-state index in [-0.39, 0.29) is 60.4 Å². The van der Waals surface area contributed by atoms with E-state index in [2.05, 4.69) is 10.3 Å². The molecule has 1 amide bonds. The number of cyclic esters (lactones) is 1. The third-order valence-corrected chi connectivity index (χ3v) is 8.21. The Morgan fingerprint density at radius 2 is 2.03 bits per heavy atom. The van der Waals surface area contributed by atoms with E-state index in [1.807, 2.05) is 0 Å². The maximum Gasteiger partial charge on any atom is 0.346 e. The lowest BCUT2D eigenvalue weighted by atomic mass is 9.81. The van der Waals surface area contributed by atoms with Gasteiger partial charge >= 0.3 is 11.9 Å². The highest BCUT2D eigenvalue weighted by atomic mass is 19.3. The molecule has 0 saturated heterocycles. The quantitative estimate of drug-likeness (QED) is 0.337. The molecule has 9 nitrogen and oxygen atoms in total. The van der Waals surface area contributed by atoms with Crippen LogP contribution >= 0.6 is 0 Å². The number of carbonyl (C=O) groups is 2. The fraction of sp³-hybridized carbons (Fsp3) is 0.407. The minimum absolute atomic E-state index is 0.0216. The molecule has 2 unspecified atom stereocenters. The summed E-state index contributed by atoms with van der Waals surface area (Å²) in [5.74, 6) is -7.04. The highest BCUT2D eigenvalue weighted by Gasteiger charge is 2.46. The number of aliphatic hydroxyl groups excluding tert-OH is 1. The molecule has 6 rings (SSSR count). The average Bonchev–Trinajstić information content (AvgIpc) is 3.28. The van der Waals surface area contributed by atoms with Gasteiger partial charge in [-0.1, -0.05) is 6.92 Å². The topological polar surface area (TPSA) is 131 Å². The zero-order valence-corrected chi connectivity index (χ0v) is 21.0. The van der Waals surface area contributed by atoms with E-state index in [1.54, 1.807) is 13.8 Å². The molecule has 2 aliphatic heterocycles. The molecule has 0 fully saturated rings. The number of hydrogen-bond acceptors (Lipinski definition) is 7. The number of benzene rings is 1. The van der Waals surface area contributed by atoms with Crippen LogP contribution < -0.4 is 10.9 Å². The molecular formula is C27H24F3N3O6. The molecule has 2 aromatic heterocycles. The highest BCUT2D eigenvalue weighted by Crippen LogP contribution is 2.46. The molecule has 1 aliphatic carbocycles. The molecule has 0 saturated carbocycles. The summed E-state index contributed by atoms with van der Waals surface area (Å²) in [7, 11) is 0. The normalized spacial score (nSPS) is 21.3. The van der Waals surface area contributed by atoms with Crippen molar-refractivity contribution in [2.24, 2.45) is 0 Å². The molecule has 0 bridgehead atoms. The number of aryl methyl sites for hydroxylation is 1. The summed E-state index contributed by atoms with van der Waals surface area (Å²) < 4.78 is 49.4. The maximum atomic E-state index is 14.9.